The van der Waals surface area contributed by atoms with Crippen molar-refractivity contribution in [2.45, 2.75) is 18.0 Å². The van der Waals surface area contributed by atoms with Crippen molar-refractivity contribution in [3.8, 4) is 17.2 Å². The van der Waals surface area contributed by atoms with E-state index in [1.807, 2.05) is 6.07 Å². The Morgan fingerprint density at radius 3 is 2.09 bits per heavy atom. The van der Waals surface area contributed by atoms with Crippen molar-refractivity contribution < 1.29 is 21.6 Å². The molecule has 0 fully saturated rings. The molecule has 0 amide bonds. The van der Waals surface area contributed by atoms with E-state index in [-0.39, 0.29) is 43.9 Å². The second kappa shape index (κ2) is 8.44. The van der Waals surface area contributed by atoms with Gasteiger partial charge in [-0.25, -0.2) is 8.42 Å². The van der Waals surface area contributed by atoms with E-state index in [0.717, 1.165) is 12.1 Å². The van der Waals surface area contributed by atoms with E-state index < -0.39 is 32.9 Å². The number of nitrogens with one attached hydrogen (secondary N) is 3. The number of halogens is 3. The fourth-order valence-electron chi connectivity index (χ4n) is 3.57. The number of aryl methyl sites for hydroxylation is 1. The van der Waals surface area contributed by atoms with Gasteiger partial charge in [0.2, 0.25) is 0 Å². The Labute approximate surface area is 195 Å². The molecule has 0 saturated carbocycles. The number of rotatable bonds is 4. The Kier molecular flexibility index (Phi) is 5.74. The molecule has 0 aliphatic heterocycles. The van der Waals surface area contributed by atoms with Gasteiger partial charge < -0.3 is 9.97 Å². The van der Waals surface area contributed by atoms with E-state index in [9.17, 15) is 31.2 Å². The van der Waals surface area contributed by atoms with Gasteiger partial charge in [0.1, 0.15) is 0 Å². The monoisotopic (exact) mass is 500 g/mol. The molecule has 0 atom stereocenters. The molecule has 3 N–H and O–H groups in total. The van der Waals surface area contributed by atoms with Gasteiger partial charge in [0, 0.05) is 5.69 Å². The lowest BCUT2D eigenvalue weighted by Gasteiger charge is -2.16. The molecule has 0 spiro atoms. The van der Waals surface area contributed by atoms with Crippen molar-refractivity contribution in [2.24, 2.45) is 0 Å². The molecule has 0 bridgehead atoms. The van der Waals surface area contributed by atoms with E-state index in [2.05, 4.69) is 14.7 Å². The number of nitriles is 1. The average Bonchev–Trinajstić information content (AvgIpc) is 2.79. The van der Waals surface area contributed by atoms with E-state index in [0.29, 0.717) is 6.07 Å². The molecule has 0 unspecified atom stereocenters. The summed E-state index contributed by atoms with van der Waals surface area (Å²) in [6.07, 6.45) is -4.80. The Balaban J connectivity index is 1.77. The van der Waals surface area contributed by atoms with Crippen molar-refractivity contribution in [2.75, 3.05) is 4.72 Å². The summed E-state index contributed by atoms with van der Waals surface area (Å²) < 4.78 is 69.7. The molecular formula is C23H15F3N4O4S. The molecule has 35 heavy (non-hydrogen) atoms. The third kappa shape index (κ3) is 4.67. The maximum absolute atomic E-state index is 13.8. The Morgan fingerprint density at radius 1 is 0.914 bits per heavy atom. The summed E-state index contributed by atoms with van der Waals surface area (Å²) in [6, 6.07) is 12.8. The highest BCUT2D eigenvalue weighted by atomic mass is 32.2. The van der Waals surface area contributed by atoms with E-state index in [4.69, 9.17) is 5.26 Å². The number of aromatic amines is 2. The third-order valence-corrected chi connectivity index (χ3v) is 6.73. The highest BCUT2D eigenvalue weighted by Crippen LogP contribution is 2.39. The number of benzene rings is 3. The van der Waals surface area contributed by atoms with Gasteiger partial charge in [-0.1, -0.05) is 18.2 Å². The van der Waals surface area contributed by atoms with Gasteiger partial charge >= 0.3 is 17.3 Å². The summed E-state index contributed by atoms with van der Waals surface area (Å²) in [7, 11) is -4.37. The highest BCUT2D eigenvalue weighted by Gasteiger charge is 2.34. The SMILES string of the molecule is Cc1cc2[nH]c(=O)c(=O)[nH]c2cc1S(=O)(=O)Nc1ccc(-c2ccc(C#N)cc2)c(C(F)(F)F)c1. The van der Waals surface area contributed by atoms with Crippen molar-refractivity contribution in [3.05, 3.63) is 92.0 Å². The Bertz CT molecular complexity index is 1730. The fraction of sp³-hybridized carbons (Fsp3) is 0.0870. The number of anilines is 1. The van der Waals surface area contributed by atoms with Crippen LogP contribution in [0.15, 0.2) is 69.1 Å². The predicted octanol–water partition coefficient (Wildman–Crippen LogP) is 3.88. The molecule has 4 rings (SSSR count). The summed E-state index contributed by atoms with van der Waals surface area (Å²) in [4.78, 5) is 27.4. The summed E-state index contributed by atoms with van der Waals surface area (Å²) in [5.74, 6) is 0. The van der Waals surface area contributed by atoms with Crippen LogP contribution in [0.1, 0.15) is 16.7 Å². The zero-order chi connectivity index (χ0) is 25.5. The van der Waals surface area contributed by atoms with Crippen LogP contribution >= 0.6 is 0 Å². The topological polar surface area (TPSA) is 136 Å². The first-order valence-electron chi connectivity index (χ1n) is 9.90. The van der Waals surface area contributed by atoms with Crippen LogP contribution in [-0.2, 0) is 16.2 Å². The molecule has 178 valence electrons. The van der Waals surface area contributed by atoms with Crippen LogP contribution in [0.3, 0.4) is 0 Å². The lowest BCUT2D eigenvalue weighted by atomic mass is 9.98. The Hall–Kier alpha value is -4.37. The molecule has 1 aromatic heterocycles. The smallest absolute Gasteiger partial charge is 0.316 e. The van der Waals surface area contributed by atoms with Crippen LogP contribution in [0, 0.1) is 18.3 Å². The molecule has 4 aromatic rings. The van der Waals surface area contributed by atoms with Crippen LogP contribution < -0.4 is 15.8 Å². The number of hydrogen-bond acceptors (Lipinski definition) is 5. The fourth-order valence-corrected chi connectivity index (χ4v) is 4.87. The zero-order valence-electron chi connectivity index (χ0n) is 17.8. The van der Waals surface area contributed by atoms with Gasteiger partial charge in [0.15, 0.2) is 0 Å². The molecule has 0 radical (unpaired) electrons. The molecule has 8 nitrogen and oxygen atoms in total. The van der Waals surface area contributed by atoms with Gasteiger partial charge in [0.25, 0.3) is 10.0 Å². The van der Waals surface area contributed by atoms with Crippen molar-refractivity contribution in [1.29, 1.82) is 5.26 Å². The first kappa shape index (κ1) is 23.8. The molecule has 3 aromatic carbocycles. The van der Waals surface area contributed by atoms with Gasteiger partial charge in [-0.05, 0) is 60.0 Å². The minimum atomic E-state index is -4.80. The highest BCUT2D eigenvalue weighted by molar-refractivity contribution is 7.92. The van der Waals surface area contributed by atoms with Gasteiger partial charge in [0.05, 0.1) is 33.1 Å². The molecule has 1 heterocycles. The summed E-state index contributed by atoms with van der Waals surface area (Å²) in [5, 5.41) is 8.90. The quantitative estimate of drug-likeness (QED) is 0.366. The predicted molar refractivity (Wildman–Crippen MR) is 122 cm³/mol. The molecule has 0 saturated heterocycles. The second-order valence-electron chi connectivity index (χ2n) is 7.62. The lowest BCUT2D eigenvalue weighted by molar-refractivity contribution is -0.137. The summed E-state index contributed by atoms with van der Waals surface area (Å²) >= 11 is 0. The number of H-pyrrole nitrogens is 2. The largest absolute Gasteiger partial charge is 0.417 e. The van der Waals surface area contributed by atoms with Gasteiger partial charge in [-0.3, -0.25) is 14.3 Å². The number of hydrogen-bond donors (Lipinski definition) is 3. The summed E-state index contributed by atoms with van der Waals surface area (Å²) in [6.45, 7) is 1.44. The maximum atomic E-state index is 13.8. The van der Waals surface area contributed by atoms with Crippen molar-refractivity contribution in [1.82, 2.24) is 9.97 Å². The molecular weight excluding hydrogens is 485 g/mol. The second-order valence-corrected chi connectivity index (χ2v) is 9.28. The molecule has 0 aliphatic carbocycles. The van der Waals surface area contributed by atoms with Gasteiger partial charge in [-0.15, -0.1) is 0 Å². The van der Waals surface area contributed by atoms with E-state index >= 15 is 0 Å². The number of fused-ring (bicyclic) bond motifs is 1. The average molecular weight is 500 g/mol. The summed E-state index contributed by atoms with van der Waals surface area (Å²) in [5.41, 5.74) is -2.57. The van der Waals surface area contributed by atoms with Crippen LogP contribution in [-0.4, -0.2) is 18.4 Å². The standard InChI is InChI=1S/C23H15F3N4O4S/c1-12-8-18-19(29-22(32)21(31)28-18)10-20(12)35(33,34)30-15-6-7-16(17(9-15)23(24,25)26)14-4-2-13(11-27)3-5-14/h2-10,30H,1H3,(H,28,31)(H,29,32). The van der Waals surface area contributed by atoms with Gasteiger partial charge in [-0.2, -0.15) is 18.4 Å². The minimum Gasteiger partial charge on any atom is -0.316 e. The normalized spacial score (nSPS) is 11.9. The number of aromatic nitrogens is 2. The molecule has 0 aliphatic rings. The van der Waals surface area contributed by atoms with Crippen LogP contribution in [0.5, 0.6) is 0 Å². The van der Waals surface area contributed by atoms with E-state index in [1.165, 1.54) is 43.3 Å². The number of nitrogens with zero attached hydrogens (tertiary/aromatic N) is 1. The first-order chi connectivity index (χ1) is 16.4. The first-order valence-corrected chi connectivity index (χ1v) is 11.4. The van der Waals surface area contributed by atoms with Crippen LogP contribution in [0.2, 0.25) is 0 Å². The number of alkyl halides is 3. The number of sulfonamides is 1. The third-order valence-electron chi connectivity index (χ3n) is 5.21. The van der Waals surface area contributed by atoms with Crippen LogP contribution in [0.4, 0.5) is 18.9 Å². The zero-order valence-corrected chi connectivity index (χ0v) is 18.6. The lowest BCUT2D eigenvalue weighted by Crippen LogP contribution is -2.29. The van der Waals surface area contributed by atoms with Crippen molar-refractivity contribution in [3.63, 3.8) is 0 Å². The van der Waals surface area contributed by atoms with Crippen LogP contribution in [0.25, 0.3) is 22.2 Å². The van der Waals surface area contributed by atoms with E-state index in [1.54, 1.807) is 0 Å². The maximum Gasteiger partial charge on any atom is 0.417 e. The molecule has 12 heteroatoms. The minimum absolute atomic E-state index is 0.0349. The van der Waals surface area contributed by atoms with Crippen molar-refractivity contribution >= 4 is 26.7 Å². The Morgan fingerprint density at radius 2 is 1.51 bits per heavy atom.